The summed E-state index contributed by atoms with van der Waals surface area (Å²) < 4.78 is 1.83. The number of halogens is 2. The lowest BCUT2D eigenvalue weighted by Gasteiger charge is -2.14. The van der Waals surface area contributed by atoms with Crippen molar-refractivity contribution in [2.75, 3.05) is 19.6 Å². The Morgan fingerprint density at radius 2 is 2.04 bits per heavy atom. The zero-order chi connectivity index (χ0) is 18.0. The van der Waals surface area contributed by atoms with E-state index in [0.29, 0.717) is 18.1 Å². The molecular formula is C18H24Cl2N4O2. The molecule has 142 valence electrons. The lowest BCUT2D eigenvalue weighted by Crippen LogP contribution is -2.35. The van der Waals surface area contributed by atoms with Gasteiger partial charge in [-0.1, -0.05) is 11.6 Å². The van der Waals surface area contributed by atoms with Crippen LogP contribution in [0.5, 0.6) is 0 Å². The normalized spacial score (nSPS) is 19.2. The largest absolute Gasteiger partial charge is 0.391 e. The average Bonchev–Trinajstić information content (AvgIpc) is 3.12. The molecule has 26 heavy (non-hydrogen) atoms. The molecule has 1 aliphatic rings. The Balaban J connectivity index is 0.00000243. The molecule has 6 nitrogen and oxygen atoms in total. The molecule has 3 N–H and O–H groups in total. The van der Waals surface area contributed by atoms with Crippen molar-refractivity contribution in [3.05, 3.63) is 46.2 Å². The van der Waals surface area contributed by atoms with Crippen molar-refractivity contribution >= 4 is 29.9 Å². The minimum absolute atomic E-state index is 0. The highest BCUT2D eigenvalue weighted by atomic mass is 35.5. The van der Waals surface area contributed by atoms with Crippen LogP contribution in [-0.2, 0) is 11.2 Å². The first-order chi connectivity index (χ1) is 12.0. The van der Waals surface area contributed by atoms with Gasteiger partial charge in [0.25, 0.3) is 0 Å². The summed E-state index contributed by atoms with van der Waals surface area (Å²) in [5, 5.41) is 21.1. The number of hydrogen-bond donors (Lipinski definition) is 3. The maximum Gasteiger partial charge on any atom is 0.224 e. The minimum Gasteiger partial charge on any atom is -0.391 e. The Bertz CT molecular complexity index is 761. The fourth-order valence-electron chi connectivity index (χ4n) is 3.16. The van der Waals surface area contributed by atoms with E-state index in [4.69, 9.17) is 11.6 Å². The first-order valence-electron chi connectivity index (χ1n) is 8.42. The van der Waals surface area contributed by atoms with Gasteiger partial charge in [-0.2, -0.15) is 5.10 Å². The van der Waals surface area contributed by atoms with Crippen molar-refractivity contribution in [3.63, 3.8) is 0 Å². The SMILES string of the molecule is Cc1nn(-c2ccc(Cl)cc2)c(C)c1CC(=O)NCC1CNCC1O.Cl. The third-order valence-corrected chi connectivity index (χ3v) is 4.97. The molecule has 1 saturated heterocycles. The van der Waals surface area contributed by atoms with Crippen LogP contribution in [0.2, 0.25) is 5.02 Å². The number of carbonyl (C=O) groups excluding carboxylic acids is 1. The second-order valence-electron chi connectivity index (χ2n) is 6.50. The first-order valence-corrected chi connectivity index (χ1v) is 8.80. The van der Waals surface area contributed by atoms with Gasteiger partial charge in [0.05, 0.1) is 23.9 Å². The summed E-state index contributed by atoms with van der Waals surface area (Å²) in [7, 11) is 0. The molecule has 0 aliphatic carbocycles. The molecule has 0 spiro atoms. The number of aliphatic hydroxyl groups excluding tert-OH is 1. The second kappa shape index (κ2) is 8.86. The van der Waals surface area contributed by atoms with Crippen molar-refractivity contribution in [2.24, 2.45) is 5.92 Å². The molecule has 8 heteroatoms. The standard InChI is InChI=1S/C18H23ClN4O2.ClH/c1-11-16(7-18(25)21-9-13-8-20-10-17(13)24)12(2)23(22-11)15-5-3-14(19)4-6-15;/h3-6,13,17,20,24H,7-10H2,1-2H3,(H,21,25);1H. The number of aliphatic hydroxyl groups is 1. The van der Waals surface area contributed by atoms with E-state index >= 15 is 0 Å². The monoisotopic (exact) mass is 398 g/mol. The molecule has 2 unspecified atom stereocenters. The van der Waals surface area contributed by atoms with E-state index in [9.17, 15) is 9.90 Å². The lowest BCUT2D eigenvalue weighted by atomic mass is 10.1. The van der Waals surface area contributed by atoms with Crippen LogP contribution in [0.1, 0.15) is 17.0 Å². The Morgan fingerprint density at radius 1 is 1.35 bits per heavy atom. The van der Waals surface area contributed by atoms with E-state index in [-0.39, 0.29) is 30.7 Å². The summed E-state index contributed by atoms with van der Waals surface area (Å²) in [4.78, 5) is 12.3. The summed E-state index contributed by atoms with van der Waals surface area (Å²) in [5.41, 5.74) is 3.62. The summed E-state index contributed by atoms with van der Waals surface area (Å²) >= 11 is 5.94. The van der Waals surface area contributed by atoms with Crippen LogP contribution in [-0.4, -0.2) is 46.5 Å². The number of hydrogen-bond acceptors (Lipinski definition) is 4. The van der Waals surface area contributed by atoms with E-state index in [2.05, 4.69) is 15.7 Å². The number of benzene rings is 1. The highest BCUT2D eigenvalue weighted by Gasteiger charge is 2.25. The molecule has 1 amide bonds. The average molecular weight is 399 g/mol. The van der Waals surface area contributed by atoms with Gasteiger partial charge < -0.3 is 15.7 Å². The number of aromatic nitrogens is 2. The van der Waals surface area contributed by atoms with Gasteiger partial charge in [0.2, 0.25) is 5.91 Å². The van der Waals surface area contributed by atoms with Crippen LogP contribution in [0.25, 0.3) is 5.69 Å². The van der Waals surface area contributed by atoms with Crippen molar-refractivity contribution in [3.8, 4) is 5.69 Å². The Hall–Kier alpha value is -1.60. The highest BCUT2D eigenvalue weighted by Crippen LogP contribution is 2.20. The Morgan fingerprint density at radius 3 is 2.65 bits per heavy atom. The van der Waals surface area contributed by atoms with Gasteiger partial charge in [0.1, 0.15) is 0 Å². The zero-order valence-corrected chi connectivity index (χ0v) is 16.4. The number of nitrogens with zero attached hydrogens (tertiary/aromatic N) is 2. The molecule has 1 aromatic heterocycles. The lowest BCUT2D eigenvalue weighted by molar-refractivity contribution is -0.120. The van der Waals surface area contributed by atoms with Crippen molar-refractivity contribution in [1.82, 2.24) is 20.4 Å². The quantitative estimate of drug-likeness (QED) is 0.717. The first kappa shape index (κ1) is 20.7. The Labute approximate surface area is 164 Å². The van der Waals surface area contributed by atoms with Crippen molar-refractivity contribution in [2.45, 2.75) is 26.4 Å². The van der Waals surface area contributed by atoms with Crippen molar-refractivity contribution in [1.29, 1.82) is 0 Å². The van der Waals surface area contributed by atoms with E-state index in [1.807, 2.05) is 42.8 Å². The smallest absolute Gasteiger partial charge is 0.224 e. The summed E-state index contributed by atoms with van der Waals surface area (Å²) in [5.74, 6) is 0.0175. The van der Waals surface area contributed by atoms with Crippen LogP contribution in [0.3, 0.4) is 0 Å². The molecule has 0 radical (unpaired) electrons. The molecular weight excluding hydrogens is 375 g/mol. The van der Waals surface area contributed by atoms with E-state index in [1.54, 1.807) is 0 Å². The molecule has 0 saturated carbocycles. The van der Waals surface area contributed by atoms with E-state index < -0.39 is 6.10 Å². The predicted molar refractivity (Wildman–Crippen MR) is 104 cm³/mol. The van der Waals surface area contributed by atoms with Gasteiger partial charge in [0.15, 0.2) is 0 Å². The molecule has 1 aliphatic heterocycles. The van der Waals surface area contributed by atoms with Crippen LogP contribution >= 0.6 is 24.0 Å². The summed E-state index contributed by atoms with van der Waals surface area (Å²) in [6, 6.07) is 7.45. The van der Waals surface area contributed by atoms with Crippen LogP contribution in [0, 0.1) is 19.8 Å². The van der Waals surface area contributed by atoms with Crippen LogP contribution in [0.15, 0.2) is 24.3 Å². The molecule has 1 fully saturated rings. The number of amides is 1. The molecule has 2 heterocycles. The second-order valence-corrected chi connectivity index (χ2v) is 6.94. The van der Waals surface area contributed by atoms with E-state index in [0.717, 1.165) is 29.2 Å². The Kier molecular flexibility index (Phi) is 7.06. The molecule has 3 rings (SSSR count). The summed E-state index contributed by atoms with van der Waals surface area (Å²) in [6.45, 7) is 5.67. The third-order valence-electron chi connectivity index (χ3n) is 4.72. The van der Waals surface area contributed by atoms with Crippen molar-refractivity contribution < 1.29 is 9.90 Å². The maximum atomic E-state index is 12.3. The predicted octanol–water partition coefficient (Wildman–Crippen LogP) is 1.80. The van der Waals surface area contributed by atoms with Gasteiger partial charge in [-0.25, -0.2) is 4.68 Å². The van der Waals surface area contributed by atoms with Gasteiger partial charge in [-0.3, -0.25) is 4.79 Å². The third kappa shape index (κ3) is 4.57. The van der Waals surface area contributed by atoms with E-state index in [1.165, 1.54) is 0 Å². The topological polar surface area (TPSA) is 79.2 Å². The fourth-order valence-corrected chi connectivity index (χ4v) is 3.29. The van der Waals surface area contributed by atoms with Crippen LogP contribution < -0.4 is 10.6 Å². The number of rotatable bonds is 5. The molecule has 2 atom stereocenters. The number of aryl methyl sites for hydroxylation is 1. The summed E-state index contributed by atoms with van der Waals surface area (Å²) in [6.07, 6.45) is -0.113. The maximum absolute atomic E-state index is 12.3. The van der Waals surface area contributed by atoms with Crippen LogP contribution in [0.4, 0.5) is 0 Å². The zero-order valence-electron chi connectivity index (χ0n) is 14.8. The molecule has 2 aromatic rings. The number of β-amino-alcohol motifs (C(OH)–C–C–N with tert-alkyl or cyclic N) is 1. The minimum atomic E-state index is -0.392. The van der Waals surface area contributed by atoms with Gasteiger partial charge >= 0.3 is 0 Å². The number of carbonyl (C=O) groups is 1. The van der Waals surface area contributed by atoms with Gasteiger partial charge in [-0.05, 0) is 38.1 Å². The molecule has 1 aromatic carbocycles. The number of nitrogens with one attached hydrogen (secondary N) is 2. The van der Waals surface area contributed by atoms with Gasteiger partial charge in [0, 0.05) is 41.8 Å². The molecule has 0 bridgehead atoms. The highest BCUT2D eigenvalue weighted by molar-refractivity contribution is 6.30. The fraction of sp³-hybridized carbons (Fsp3) is 0.444. The van der Waals surface area contributed by atoms with Gasteiger partial charge in [-0.15, -0.1) is 12.4 Å².